The minimum atomic E-state index is 0.253. The van der Waals surface area contributed by atoms with Gasteiger partial charge in [0.1, 0.15) is 17.2 Å². The number of benzene rings is 8. The first-order valence-corrected chi connectivity index (χ1v) is 20.1. The molecule has 0 heterocycles. The van der Waals surface area contributed by atoms with Crippen molar-refractivity contribution in [2.24, 2.45) is 15.0 Å². The molecule has 0 amide bonds. The topological polar surface area (TPSA) is 97.8 Å². The molecule has 3 N–H and O–H groups in total. The van der Waals surface area contributed by atoms with E-state index in [2.05, 4.69) is 51.4 Å². The lowest BCUT2D eigenvalue weighted by atomic mass is 10.0. The van der Waals surface area contributed by atoms with Gasteiger partial charge in [-0.15, -0.1) is 0 Å². The lowest BCUT2D eigenvalue weighted by Crippen LogP contribution is -1.87. The summed E-state index contributed by atoms with van der Waals surface area (Å²) in [6.07, 6.45) is 6.08. The predicted molar refractivity (Wildman–Crippen MR) is 253 cm³/mol. The van der Waals surface area contributed by atoms with Gasteiger partial charge in [-0.2, -0.15) is 0 Å². The Labute approximate surface area is 357 Å². The van der Waals surface area contributed by atoms with Crippen LogP contribution in [-0.4, -0.2) is 34.0 Å². The second-order valence-electron chi connectivity index (χ2n) is 14.8. The molecule has 0 saturated carbocycles. The van der Waals surface area contributed by atoms with Crippen molar-refractivity contribution < 1.29 is 15.3 Å². The number of phenols is 3. The van der Waals surface area contributed by atoms with Gasteiger partial charge in [0.2, 0.25) is 0 Å². The molecule has 6 nitrogen and oxygen atoms in total. The number of aromatic hydroxyl groups is 3. The molecular weight excluding hydrogens is 751 g/mol. The van der Waals surface area contributed by atoms with Crippen molar-refractivity contribution in [2.45, 2.75) is 27.2 Å². The molecule has 6 heteroatoms. The number of aryl methyl sites for hydroxylation is 3. The number of hydrogen-bond acceptors (Lipinski definition) is 6. The van der Waals surface area contributed by atoms with Crippen LogP contribution in [0, 0.1) is 20.8 Å². The van der Waals surface area contributed by atoms with E-state index in [1.54, 1.807) is 18.6 Å². The van der Waals surface area contributed by atoms with Crippen LogP contribution in [0.4, 0.5) is 17.1 Å². The van der Waals surface area contributed by atoms with E-state index >= 15 is 0 Å². The quantitative estimate of drug-likeness (QED) is 0.140. The van der Waals surface area contributed by atoms with Gasteiger partial charge in [-0.25, -0.2) is 0 Å². The van der Waals surface area contributed by atoms with Crippen molar-refractivity contribution in [1.29, 1.82) is 0 Å². The van der Waals surface area contributed by atoms with Gasteiger partial charge in [0.25, 0.3) is 0 Å². The van der Waals surface area contributed by atoms with Crippen LogP contribution in [0.5, 0.6) is 17.2 Å². The molecule has 0 aromatic heterocycles. The van der Waals surface area contributed by atoms with Gasteiger partial charge in [0, 0.05) is 40.9 Å². The summed E-state index contributed by atoms with van der Waals surface area (Å²) in [5.74, 6) is 0.850. The summed E-state index contributed by atoms with van der Waals surface area (Å²) in [5, 5.41) is 30.4. The second kappa shape index (κ2) is 19.7. The number of aliphatic imine (C=N–C) groups is 3. The summed E-state index contributed by atoms with van der Waals surface area (Å²) in [7, 11) is 0. The Balaban J connectivity index is 0.000000140. The zero-order valence-corrected chi connectivity index (χ0v) is 34.4. The predicted octanol–water partition coefficient (Wildman–Crippen LogP) is 13.6. The number of hydrogen-bond donors (Lipinski definition) is 3. The van der Waals surface area contributed by atoms with Crippen LogP contribution < -0.4 is 0 Å². The maximum Gasteiger partial charge on any atom is 0.132 e. The van der Waals surface area contributed by atoms with Crippen molar-refractivity contribution in [3.05, 3.63) is 226 Å². The Bertz CT molecular complexity index is 2830. The van der Waals surface area contributed by atoms with Crippen molar-refractivity contribution in [2.75, 3.05) is 0 Å². The largest absolute Gasteiger partial charge is 0.507 e. The zero-order valence-electron chi connectivity index (χ0n) is 34.4. The van der Waals surface area contributed by atoms with Crippen LogP contribution in [0.15, 0.2) is 197 Å². The summed E-state index contributed by atoms with van der Waals surface area (Å²) in [6, 6.07) is 59.3. The highest BCUT2D eigenvalue weighted by molar-refractivity contribution is 5.90. The normalized spacial score (nSPS) is 11.5. The standard InChI is InChI=1S/C21H17NO.C19H15NO.C15H15NO/c1-14-5-4-7-16(21(14)23)13-22-18-9-10-20-17(12-18)11-15-6-2-3-8-19(15)20;21-19-16(14-20-17-11-5-2-6-12-17)10-7-13-18(19)15-8-3-1-4-9-15;1-11-8-12(2)15(17)13(9-11)10-16-14-6-4-3-5-7-14/h2-10,12-13,23H,11H2,1H3;1-14,21H;3-10,17H,1-2H3. The number of para-hydroxylation sites is 4. The molecule has 0 spiro atoms. The van der Waals surface area contributed by atoms with Crippen LogP contribution in [0.2, 0.25) is 0 Å². The van der Waals surface area contributed by atoms with Crippen molar-refractivity contribution >= 4 is 35.7 Å². The SMILES string of the molecule is Cc1cc(C)c(O)c(C=Nc2ccccc2)c1.Cc1cccc(C=Nc2ccc3c(c2)Cc2ccccc2-3)c1O.Oc1c(C=Nc2ccccc2)cccc1-c1ccccc1. The van der Waals surface area contributed by atoms with E-state index in [9.17, 15) is 15.3 Å². The fourth-order valence-corrected chi connectivity index (χ4v) is 7.07. The summed E-state index contributed by atoms with van der Waals surface area (Å²) < 4.78 is 0. The smallest absolute Gasteiger partial charge is 0.132 e. The van der Waals surface area contributed by atoms with Gasteiger partial charge in [-0.3, -0.25) is 15.0 Å². The van der Waals surface area contributed by atoms with E-state index in [0.29, 0.717) is 17.1 Å². The average Bonchev–Trinajstić information content (AvgIpc) is 3.67. The first-order chi connectivity index (χ1) is 29.7. The molecule has 61 heavy (non-hydrogen) atoms. The monoisotopic (exact) mass is 797 g/mol. The molecule has 9 rings (SSSR count). The molecule has 1 aliphatic carbocycles. The highest BCUT2D eigenvalue weighted by Crippen LogP contribution is 2.38. The first-order valence-electron chi connectivity index (χ1n) is 20.1. The number of phenolic OH excluding ortho intramolecular Hbond substituents is 3. The zero-order chi connectivity index (χ0) is 42.6. The second-order valence-corrected chi connectivity index (χ2v) is 14.8. The highest BCUT2D eigenvalue weighted by Gasteiger charge is 2.17. The van der Waals surface area contributed by atoms with E-state index in [0.717, 1.165) is 62.4 Å². The molecule has 8 aromatic carbocycles. The van der Waals surface area contributed by atoms with E-state index in [1.807, 2.05) is 166 Å². The molecule has 0 atom stereocenters. The minimum absolute atomic E-state index is 0.253. The van der Waals surface area contributed by atoms with Gasteiger partial charge in [-0.1, -0.05) is 127 Å². The van der Waals surface area contributed by atoms with Crippen LogP contribution >= 0.6 is 0 Å². The number of nitrogens with zero attached hydrogens (tertiary/aromatic N) is 3. The Morgan fingerprint density at radius 2 is 0.885 bits per heavy atom. The van der Waals surface area contributed by atoms with Gasteiger partial charge in [0.05, 0.1) is 17.1 Å². The Morgan fingerprint density at radius 3 is 1.56 bits per heavy atom. The lowest BCUT2D eigenvalue weighted by molar-refractivity contribution is 0.469. The summed E-state index contributed by atoms with van der Waals surface area (Å²) in [4.78, 5) is 13.3. The lowest BCUT2D eigenvalue weighted by Gasteiger charge is -2.07. The number of fused-ring (bicyclic) bond motifs is 3. The Hall–Kier alpha value is -7.83. The molecule has 0 radical (unpaired) electrons. The Morgan fingerprint density at radius 1 is 0.377 bits per heavy atom. The molecule has 8 aromatic rings. The maximum absolute atomic E-state index is 10.4. The molecule has 300 valence electrons. The molecule has 0 saturated heterocycles. The molecule has 0 aliphatic heterocycles. The summed E-state index contributed by atoms with van der Waals surface area (Å²) in [6.45, 7) is 5.79. The molecule has 0 unspecified atom stereocenters. The van der Waals surface area contributed by atoms with Crippen LogP contribution in [-0.2, 0) is 6.42 Å². The third-order valence-corrected chi connectivity index (χ3v) is 10.2. The highest BCUT2D eigenvalue weighted by atomic mass is 16.3. The van der Waals surface area contributed by atoms with Gasteiger partial charge >= 0.3 is 0 Å². The van der Waals surface area contributed by atoms with E-state index in [1.165, 1.54) is 22.3 Å². The van der Waals surface area contributed by atoms with E-state index in [-0.39, 0.29) is 5.75 Å². The van der Waals surface area contributed by atoms with Crippen LogP contribution in [0.1, 0.15) is 44.5 Å². The van der Waals surface area contributed by atoms with Gasteiger partial charge in [-0.05, 0) is 126 Å². The average molecular weight is 798 g/mol. The fourth-order valence-electron chi connectivity index (χ4n) is 7.07. The van der Waals surface area contributed by atoms with Gasteiger partial charge < -0.3 is 15.3 Å². The molecular formula is C55H47N3O3. The fraction of sp³-hybridized carbons (Fsp3) is 0.0727. The Kier molecular flexibility index (Phi) is 13.4. The van der Waals surface area contributed by atoms with Crippen molar-refractivity contribution in [3.63, 3.8) is 0 Å². The van der Waals surface area contributed by atoms with E-state index < -0.39 is 0 Å². The third-order valence-electron chi connectivity index (χ3n) is 10.2. The minimum Gasteiger partial charge on any atom is -0.507 e. The molecule has 0 bridgehead atoms. The van der Waals surface area contributed by atoms with Crippen molar-refractivity contribution in [1.82, 2.24) is 0 Å². The van der Waals surface area contributed by atoms with Crippen molar-refractivity contribution in [3.8, 4) is 39.5 Å². The maximum atomic E-state index is 10.4. The molecule has 0 fully saturated rings. The summed E-state index contributed by atoms with van der Waals surface area (Å²) >= 11 is 0. The summed E-state index contributed by atoms with van der Waals surface area (Å²) in [5.41, 5.74) is 14.8. The van der Waals surface area contributed by atoms with E-state index in [4.69, 9.17) is 0 Å². The van der Waals surface area contributed by atoms with Gasteiger partial charge in [0.15, 0.2) is 0 Å². The third kappa shape index (κ3) is 10.6. The molecule has 1 aliphatic rings. The van der Waals surface area contributed by atoms with Crippen LogP contribution in [0.3, 0.4) is 0 Å². The van der Waals surface area contributed by atoms with Crippen LogP contribution in [0.25, 0.3) is 22.3 Å². The first kappa shape index (κ1) is 41.3. The number of rotatable bonds is 7.